The molecule has 8 nitrogen and oxygen atoms in total. The Balaban J connectivity index is 0.000000913. The van der Waals surface area contributed by atoms with Gasteiger partial charge in [0.25, 0.3) is 0 Å². The van der Waals surface area contributed by atoms with Crippen LogP contribution in [-0.2, 0) is 11.2 Å². The smallest absolute Gasteiger partial charge is 0.204 e. The predicted molar refractivity (Wildman–Crippen MR) is 128 cm³/mol. The Morgan fingerprint density at radius 1 is 1.31 bits per heavy atom. The number of carbonyl (C=O) groups is 1. The molecule has 4 rings (SSSR count). The molecule has 1 aliphatic rings. The number of amides is 1. The van der Waals surface area contributed by atoms with E-state index in [-0.39, 0.29) is 18.4 Å². The molecule has 9 heteroatoms. The highest BCUT2D eigenvalue weighted by atomic mass is 32.1. The minimum Gasteiger partial charge on any atom is -0.390 e. The summed E-state index contributed by atoms with van der Waals surface area (Å²) in [4.78, 5) is 17.8. The van der Waals surface area contributed by atoms with Crippen molar-refractivity contribution >= 4 is 34.6 Å². The molecule has 3 aromatic rings. The summed E-state index contributed by atoms with van der Waals surface area (Å²) >= 11 is 1.75. The zero-order chi connectivity index (χ0) is 23.3. The molecule has 0 aliphatic heterocycles. The monoisotopic (exact) mass is 459 g/mol. The summed E-state index contributed by atoms with van der Waals surface area (Å²) in [5.41, 5.74) is 9.44. The Hall–Kier alpha value is -2.49. The third-order valence-electron chi connectivity index (χ3n) is 6.39. The molecule has 174 valence electrons. The lowest BCUT2D eigenvalue weighted by Crippen LogP contribution is -2.29. The van der Waals surface area contributed by atoms with Crippen LogP contribution in [0, 0.1) is 12.8 Å². The number of hydrogen-bond acceptors (Lipinski definition) is 7. The van der Waals surface area contributed by atoms with E-state index in [0.29, 0.717) is 6.04 Å². The summed E-state index contributed by atoms with van der Waals surface area (Å²) in [7, 11) is 0. The maximum Gasteiger partial charge on any atom is 0.204 e. The van der Waals surface area contributed by atoms with Crippen LogP contribution in [0.1, 0.15) is 50.3 Å². The first kappa shape index (κ1) is 24.2. The highest BCUT2D eigenvalue weighted by molar-refractivity contribution is 7.08. The number of aliphatic hydroxyl groups excluding tert-OH is 2. The van der Waals surface area contributed by atoms with Crippen molar-refractivity contribution in [3.63, 3.8) is 0 Å². The molecule has 5 N–H and O–H groups in total. The standard InChI is InChI=1S/C22H30N4O2S.CH3NO/c1-4-14-9-18(21(28)20(14)27)26-12-24-19-17(6-7-23-22(19)26)25-16(5-2)8-15-11-29-10-13(15)3;2-1-3/h6-7,10-12,14,16,18,20-21,27-28H,4-5,8-9H2,1-3H3,(H,23,25);1H,(H2,2,3)/t14-,16+,18+,20+,21-;/m0./s1. The molecule has 0 saturated heterocycles. The molecule has 3 heterocycles. The molecule has 1 fully saturated rings. The van der Waals surface area contributed by atoms with Gasteiger partial charge in [0.05, 0.1) is 24.2 Å². The van der Waals surface area contributed by atoms with Crippen molar-refractivity contribution < 1.29 is 15.0 Å². The van der Waals surface area contributed by atoms with Crippen molar-refractivity contribution in [2.24, 2.45) is 11.7 Å². The van der Waals surface area contributed by atoms with Crippen LogP contribution in [0.5, 0.6) is 0 Å². The van der Waals surface area contributed by atoms with Crippen molar-refractivity contribution in [1.29, 1.82) is 0 Å². The van der Waals surface area contributed by atoms with Gasteiger partial charge in [-0.15, -0.1) is 0 Å². The number of nitrogens with one attached hydrogen (secondary N) is 1. The number of aliphatic hydroxyl groups is 2. The predicted octanol–water partition coefficient (Wildman–Crippen LogP) is 3.03. The molecule has 3 aromatic heterocycles. The first-order chi connectivity index (χ1) is 15.4. The van der Waals surface area contributed by atoms with Gasteiger partial charge in [-0.3, -0.25) is 4.79 Å². The Kier molecular flexibility index (Phi) is 8.22. The number of anilines is 1. The van der Waals surface area contributed by atoms with Crippen LogP contribution in [0.3, 0.4) is 0 Å². The fraction of sp³-hybridized carbons (Fsp3) is 0.522. The second-order valence-corrected chi connectivity index (χ2v) is 9.05. The number of aromatic nitrogens is 3. The first-order valence-corrected chi connectivity index (χ1v) is 12.0. The van der Waals surface area contributed by atoms with Gasteiger partial charge in [-0.05, 0) is 60.1 Å². The van der Waals surface area contributed by atoms with Gasteiger partial charge in [-0.25, -0.2) is 9.97 Å². The molecular formula is C23H33N5O3S. The normalized spacial score (nSPS) is 23.5. The van der Waals surface area contributed by atoms with Crippen molar-refractivity contribution in [3.05, 3.63) is 40.5 Å². The SMILES string of the molecule is CC[C@H](Cc1cscc1C)Nc1ccnc2c1ncn2[C@@H]1C[C@H](CC)[C@@H](O)[C@H]1O.NC=O. The van der Waals surface area contributed by atoms with Gasteiger partial charge in [-0.2, -0.15) is 11.3 Å². The molecule has 0 radical (unpaired) electrons. The van der Waals surface area contributed by atoms with Gasteiger partial charge in [0.15, 0.2) is 5.65 Å². The lowest BCUT2D eigenvalue weighted by atomic mass is 10.0. The summed E-state index contributed by atoms with van der Waals surface area (Å²) in [6.45, 7) is 6.41. The zero-order valence-electron chi connectivity index (χ0n) is 18.8. The number of fused-ring (bicyclic) bond motifs is 1. The van der Waals surface area contributed by atoms with E-state index >= 15 is 0 Å². The summed E-state index contributed by atoms with van der Waals surface area (Å²) < 4.78 is 1.94. The van der Waals surface area contributed by atoms with Crippen molar-refractivity contribution in [2.45, 2.75) is 70.7 Å². The molecule has 32 heavy (non-hydrogen) atoms. The van der Waals surface area contributed by atoms with Gasteiger partial charge < -0.3 is 25.8 Å². The maximum absolute atomic E-state index is 10.6. The molecule has 0 bridgehead atoms. The highest BCUT2D eigenvalue weighted by Crippen LogP contribution is 2.38. The minimum absolute atomic E-state index is 0.104. The quantitative estimate of drug-likeness (QED) is 0.402. The Morgan fingerprint density at radius 2 is 2.06 bits per heavy atom. The fourth-order valence-electron chi connectivity index (χ4n) is 4.45. The highest BCUT2D eigenvalue weighted by Gasteiger charge is 2.42. The number of nitrogens with two attached hydrogens (primary N) is 1. The van der Waals surface area contributed by atoms with Gasteiger partial charge >= 0.3 is 0 Å². The topological polar surface area (TPSA) is 126 Å². The lowest BCUT2D eigenvalue weighted by Gasteiger charge is -2.20. The average Bonchev–Trinajstić information content (AvgIpc) is 3.47. The van der Waals surface area contributed by atoms with Crippen LogP contribution >= 0.6 is 11.3 Å². The molecule has 0 spiro atoms. The van der Waals surface area contributed by atoms with E-state index in [0.717, 1.165) is 42.5 Å². The van der Waals surface area contributed by atoms with E-state index in [1.54, 1.807) is 23.9 Å². The summed E-state index contributed by atoms with van der Waals surface area (Å²) in [5.74, 6) is 0.104. The third-order valence-corrected chi connectivity index (χ3v) is 7.30. The summed E-state index contributed by atoms with van der Waals surface area (Å²) in [6.07, 6.45) is 5.88. The Labute approximate surface area is 192 Å². The van der Waals surface area contributed by atoms with Crippen molar-refractivity contribution in [3.8, 4) is 0 Å². The first-order valence-electron chi connectivity index (χ1n) is 11.1. The lowest BCUT2D eigenvalue weighted by molar-refractivity contribution is -0.106. The molecule has 0 aromatic carbocycles. The second kappa shape index (κ2) is 10.9. The molecule has 1 aliphatic carbocycles. The van der Waals surface area contributed by atoms with Gasteiger partial charge in [0, 0.05) is 12.2 Å². The van der Waals surface area contributed by atoms with Crippen LogP contribution < -0.4 is 11.1 Å². The number of rotatable bonds is 7. The Bertz CT molecular complexity index is 1020. The largest absolute Gasteiger partial charge is 0.390 e. The number of carbonyl (C=O) groups excluding carboxylic acids is 1. The van der Waals surface area contributed by atoms with Crippen LogP contribution in [0.25, 0.3) is 11.2 Å². The van der Waals surface area contributed by atoms with Gasteiger partial charge in [-0.1, -0.05) is 20.3 Å². The number of imidazole rings is 1. The minimum atomic E-state index is -0.791. The van der Waals surface area contributed by atoms with E-state index in [9.17, 15) is 10.2 Å². The number of hydrogen-bond donors (Lipinski definition) is 4. The Morgan fingerprint density at radius 3 is 2.66 bits per heavy atom. The van der Waals surface area contributed by atoms with Crippen molar-refractivity contribution in [1.82, 2.24) is 14.5 Å². The van der Waals surface area contributed by atoms with E-state index < -0.39 is 12.2 Å². The maximum atomic E-state index is 10.6. The van der Waals surface area contributed by atoms with E-state index in [2.05, 4.69) is 52.5 Å². The number of primary amides is 1. The van der Waals surface area contributed by atoms with E-state index in [4.69, 9.17) is 4.79 Å². The zero-order valence-corrected chi connectivity index (χ0v) is 19.6. The van der Waals surface area contributed by atoms with Gasteiger partial charge in [0.1, 0.15) is 11.6 Å². The third kappa shape index (κ3) is 4.95. The molecular weight excluding hydrogens is 426 g/mol. The molecule has 1 saturated carbocycles. The van der Waals surface area contributed by atoms with Crippen molar-refractivity contribution in [2.75, 3.05) is 5.32 Å². The van der Waals surface area contributed by atoms with Crippen LogP contribution in [-0.4, -0.2) is 49.4 Å². The number of nitrogens with zero attached hydrogens (tertiary/aromatic N) is 3. The molecule has 0 unspecified atom stereocenters. The second-order valence-electron chi connectivity index (χ2n) is 8.30. The summed E-state index contributed by atoms with van der Waals surface area (Å²) in [6, 6.07) is 2.08. The number of thiophene rings is 1. The molecule has 5 atom stereocenters. The number of pyridine rings is 1. The van der Waals surface area contributed by atoms with Crippen LogP contribution in [0.15, 0.2) is 29.4 Å². The molecule has 1 amide bonds. The van der Waals surface area contributed by atoms with Crippen LogP contribution in [0.2, 0.25) is 0 Å². The van der Waals surface area contributed by atoms with Crippen LogP contribution in [0.4, 0.5) is 5.69 Å². The average molecular weight is 460 g/mol. The number of aryl methyl sites for hydroxylation is 1. The van der Waals surface area contributed by atoms with E-state index in [1.165, 1.54) is 11.1 Å². The van der Waals surface area contributed by atoms with Gasteiger partial charge in [0.2, 0.25) is 6.41 Å². The van der Waals surface area contributed by atoms with E-state index in [1.807, 2.05) is 10.6 Å². The fourth-order valence-corrected chi connectivity index (χ4v) is 5.32. The summed E-state index contributed by atoms with van der Waals surface area (Å²) in [5, 5.41) is 29.0.